The van der Waals surface area contributed by atoms with Gasteiger partial charge in [0.2, 0.25) is 5.89 Å². The van der Waals surface area contributed by atoms with Crippen molar-refractivity contribution >= 4 is 33.7 Å². The number of hydrogen-bond donors (Lipinski definition) is 1. The van der Waals surface area contributed by atoms with E-state index in [-0.39, 0.29) is 5.91 Å². The molecule has 0 fully saturated rings. The summed E-state index contributed by atoms with van der Waals surface area (Å²) in [5.41, 5.74) is 4.33. The molecule has 0 spiro atoms. The number of anilines is 1. The molecule has 2 heterocycles. The number of para-hydroxylation sites is 1. The van der Waals surface area contributed by atoms with Gasteiger partial charge in [-0.2, -0.15) is 0 Å². The second-order valence-electron chi connectivity index (χ2n) is 8.45. The molecule has 1 amide bonds. The first kappa shape index (κ1) is 22.3. The Morgan fingerprint density at radius 3 is 2.49 bits per heavy atom. The van der Waals surface area contributed by atoms with Gasteiger partial charge in [0.25, 0.3) is 5.91 Å². The smallest absolute Gasteiger partial charge is 0.344 e. The van der Waals surface area contributed by atoms with Crippen molar-refractivity contribution in [3.8, 4) is 28.3 Å². The van der Waals surface area contributed by atoms with Gasteiger partial charge >= 0.3 is 5.63 Å². The van der Waals surface area contributed by atoms with Crippen LogP contribution in [0.1, 0.15) is 10.4 Å². The molecule has 6 aromatic rings. The van der Waals surface area contributed by atoms with E-state index in [2.05, 4.69) is 10.3 Å². The first-order valence-electron chi connectivity index (χ1n) is 11.6. The van der Waals surface area contributed by atoms with Crippen molar-refractivity contribution in [2.45, 2.75) is 0 Å². The van der Waals surface area contributed by atoms with Crippen LogP contribution in [-0.4, -0.2) is 18.0 Å². The maximum atomic E-state index is 12.9. The van der Waals surface area contributed by atoms with E-state index in [0.717, 1.165) is 10.9 Å². The molecule has 180 valence electrons. The second kappa shape index (κ2) is 9.13. The fraction of sp³-hybridized carbons (Fsp3) is 0.0333. The minimum absolute atomic E-state index is 0.281. The van der Waals surface area contributed by atoms with E-state index in [1.807, 2.05) is 42.5 Å². The number of benzene rings is 4. The van der Waals surface area contributed by atoms with E-state index in [4.69, 9.17) is 13.6 Å². The van der Waals surface area contributed by atoms with Crippen molar-refractivity contribution in [1.29, 1.82) is 0 Å². The van der Waals surface area contributed by atoms with Crippen LogP contribution in [0, 0.1) is 0 Å². The summed E-state index contributed by atoms with van der Waals surface area (Å²) in [7, 11) is 1.60. The number of fused-ring (bicyclic) bond motifs is 2. The van der Waals surface area contributed by atoms with Gasteiger partial charge in [0.05, 0.1) is 12.7 Å². The summed E-state index contributed by atoms with van der Waals surface area (Å²) < 4.78 is 16.6. The molecule has 2 aromatic heterocycles. The number of amides is 1. The van der Waals surface area contributed by atoms with E-state index in [9.17, 15) is 9.59 Å². The van der Waals surface area contributed by atoms with E-state index >= 15 is 0 Å². The zero-order valence-corrected chi connectivity index (χ0v) is 19.7. The summed E-state index contributed by atoms with van der Waals surface area (Å²) >= 11 is 0. The predicted octanol–water partition coefficient (Wildman–Crippen LogP) is 6.53. The number of nitrogens with one attached hydrogen (secondary N) is 1. The van der Waals surface area contributed by atoms with Crippen LogP contribution in [-0.2, 0) is 0 Å². The Kier molecular flexibility index (Phi) is 5.50. The maximum absolute atomic E-state index is 12.9. The molecule has 0 saturated carbocycles. The molecule has 0 aliphatic heterocycles. The minimum Gasteiger partial charge on any atom is -0.497 e. The third kappa shape index (κ3) is 4.34. The van der Waals surface area contributed by atoms with Gasteiger partial charge in [0, 0.05) is 28.3 Å². The van der Waals surface area contributed by atoms with Crippen LogP contribution < -0.4 is 15.7 Å². The van der Waals surface area contributed by atoms with Crippen LogP contribution in [0.4, 0.5) is 5.69 Å². The van der Waals surface area contributed by atoms with Gasteiger partial charge in [-0.15, -0.1) is 0 Å². The number of rotatable bonds is 5. The van der Waals surface area contributed by atoms with Crippen LogP contribution in [0.15, 0.2) is 111 Å². The lowest BCUT2D eigenvalue weighted by molar-refractivity contribution is 0.102. The number of nitrogens with zero attached hydrogens (tertiary/aromatic N) is 1. The minimum atomic E-state index is -0.426. The third-order valence-corrected chi connectivity index (χ3v) is 6.06. The Hall–Kier alpha value is -5.17. The molecular formula is C30H20N2O5. The monoisotopic (exact) mass is 488 g/mol. The van der Waals surface area contributed by atoms with Crippen LogP contribution in [0.2, 0.25) is 0 Å². The lowest BCUT2D eigenvalue weighted by atomic mass is 10.0. The zero-order chi connectivity index (χ0) is 25.4. The molecule has 4 aromatic carbocycles. The van der Waals surface area contributed by atoms with Crippen LogP contribution in [0.3, 0.4) is 0 Å². The highest BCUT2D eigenvalue weighted by molar-refractivity contribution is 6.04. The van der Waals surface area contributed by atoms with Gasteiger partial charge < -0.3 is 18.9 Å². The van der Waals surface area contributed by atoms with Crippen molar-refractivity contribution in [2.24, 2.45) is 0 Å². The fourth-order valence-electron chi connectivity index (χ4n) is 4.16. The zero-order valence-electron chi connectivity index (χ0n) is 19.7. The Morgan fingerprint density at radius 1 is 0.811 bits per heavy atom. The second-order valence-corrected chi connectivity index (χ2v) is 8.45. The number of carbonyl (C=O) groups excluding carboxylic acids is 1. The van der Waals surface area contributed by atoms with Crippen molar-refractivity contribution in [3.63, 3.8) is 0 Å². The Balaban J connectivity index is 1.22. The summed E-state index contributed by atoms with van der Waals surface area (Å²) in [6, 6.07) is 28.7. The van der Waals surface area contributed by atoms with Crippen molar-refractivity contribution in [1.82, 2.24) is 4.98 Å². The van der Waals surface area contributed by atoms with Gasteiger partial charge in [-0.1, -0.05) is 36.4 Å². The first-order valence-corrected chi connectivity index (χ1v) is 11.6. The topological polar surface area (TPSA) is 94.6 Å². The molecule has 0 unspecified atom stereocenters. The molecule has 0 aliphatic carbocycles. The highest BCUT2D eigenvalue weighted by atomic mass is 16.5. The van der Waals surface area contributed by atoms with Crippen LogP contribution in [0.5, 0.6) is 5.75 Å². The SMILES string of the molecule is COc1ccc2oc(-c3cccc(NC(=O)c4ccc(-c5cc6ccccc6oc5=O)cc4)c3)nc2c1. The molecule has 6 rings (SSSR count). The van der Waals surface area contributed by atoms with Gasteiger partial charge in [-0.25, -0.2) is 9.78 Å². The quantitative estimate of drug-likeness (QED) is 0.277. The summed E-state index contributed by atoms with van der Waals surface area (Å²) in [6.45, 7) is 0. The average Bonchev–Trinajstić information content (AvgIpc) is 3.36. The number of methoxy groups -OCH3 is 1. The van der Waals surface area contributed by atoms with Crippen molar-refractivity contribution in [3.05, 3.63) is 113 Å². The normalized spacial score (nSPS) is 11.1. The van der Waals surface area contributed by atoms with Gasteiger partial charge in [0.1, 0.15) is 16.8 Å². The highest BCUT2D eigenvalue weighted by Crippen LogP contribution is 2.28. The number of ether oxygens (including phenoxy) is 1. The standard InChI is InChI=1S/C30H20N2O5/c1-35-23-13-14-27-25(17-23)32-29(36-27)21-6-4-7-22(15-21)31-28(33)19-11-9-18(10-12-19)24-16-20-5-2-3-8-26(20)37-30(24)34/h2-17H,1H3,(H,31,33). The van der Waals surface area contributed by atoms with E-state index in [1.165, 1.54) is 0 Å². The van der Waals surface area contributed by atoms with Gasteiger partial charge in [0.15, 0.2) is 5.58 Å². The third-order valence-electron chi connectivity index (χ3n) is 6.06. The molecule has 37 heavy (non-hydrogen) atoms. The van der Waals surface area contributed by atoms with Crippen LogP contribution >= 0.6 is 0 Å². The molecule has 0 radical (unpaired) electrons. The average molecular weight is 488 g/mol. The number of oxazole rings is 1. The van der Waals surface area contributed by atoms with Crippen molar-refractivity contribution < 1.29 is 18.4 Å². The van der Waals surface area contributed by atoms with Crippen LogP contribution in [0.25, 0.3) is 44.7 Å². The summed E-state index contributed by atoms with van der Waals surface area (Å²) in [6.07, 6.45) is 0. The lowest BCUT2D eigenvalue weighted by Crippen LogP contribution is -2.12. The molecule has 7 nitrogen and oxygen atoms in total. The maximum Gasteiger partial charge on any atom is 0.344 e. The molecule has 0 saturated heterocycles. The van der Waals surface area contributed by atoms with E-state index in [0.29, 0.717) is 50.7 Å². The highest BCUT2D eigenvalue weighted by Gasteiger charge is 2.13. The molecule has 0 bridgehead atoms. The summed E-state index contributed by atoms with van der Waals surface area (Å²) in [5, 5.41) is 3.74. The lowest BCUT2D eigenvalue weighted by Gasteiger charge is -2.08. The Bertz CT molecular complexity index is 1830. The van der Waals surface area contributed by atoms with E-state index in [1.54, 1.807) is 61.7 Å². The summed E-state index contributed by atoms with van der Waals surface area (Å²) in [5.74, 6) is 0.857. The van der Waals surface area contributed by atoms with Gasteiger partial charge in [-0.05, 0) is 60.2 Å². The van der Waals surface area contributed by atoms with E-state index < -0.39 is 5.63 Å². The molecule has 0 aliphatic rings. The molecule has 0 atom stereocenters. The molecule has 1 N–H and O–H groups in total. The fourth-order valence-corrected chi connectivity index (χ4v) is 4.16. The Labute approximate surface area is 211 Å². The number of aromatic nitrogens is 1. The molecule has 7 heteroatoms. The Morgan fingerprint density at radius 2 is 1.65 bits per heavy atom. The van der Waals surface area contributed by atoms with Crippen molar-refractivity contribution in [2.75, 3.05) is 12.4 Å². The first-order chi connectivity index (χ1) is 18.1. The number of carbonyl (C=O) groups is 1. The van der Waals surface area contributed by atoms with Gasteiger partial charge in [-0.3, -0.25) is 4.79 Å². The number of hydrogen-bond acceptors (Lipinski definition) is 6. The largest absolute Gasteiger partial charge is 0.497 e. The predicted molar refractivity (Wildman–Crippen MR) is 142 cm³/mol. The molecular weight excluding hydrogens is 468 g/mol. The summed E-state index contributed by atoms with van der Waals surface area (Å²) in [4.78, 5) is 29.9.